The molecule has 1 aliphatic carbocycles. The first-order valence-corrected chi connectivity index (χ1v) is 16.1. The van der Waals surface area contributed by atoms with Crippen LogP contribution in [0, 0.1) is 0 Å². The molecule has 222 valence electrons. The molecule has 0 saturated carbocycles. The number of fused-ring (bicyclic) bond motifs is 5. The largest absolute Gasteiger partial charge is 0.208 e. The van der Waals surface area contributed by atoms with E-state index in [2.05, 4.69) is 147 Å². The van der Waals surface area contributed by atoms with Crippen LogP contribution in [0.2, 0.25) is 0 Å². The van der Waals surface area contributed by atoms with E-state index in [1.807, 2.05) is 18.2 Å². The number of hydrogen-bond acceptors (Lipinski definition) is 3. The minimum Gasteiger partial charge on any atom is -0.208 e. The first kappa shape index (κ1) is 27.4. The van der Waals surface area contributed by atoms with Crippen LogP contribution in [0.1, 0.15) is 25.0 Å². The van der Waals surface area contributed by atoms with Crippen LogP contribution in [0.15, 0.2) is 152 Å². The summed E-state index contributed by atoms with van der Waals surface area (Å²) in [6, 6.07) is 53.7. The van der Waals surface area contributed by atoms with Gasteiger partial charge in [0, 0.05) is 22.1 Å². The van der Waals surface area contributed by atoms with Crippen LogP contribution in [0.5, 0.6) is 0 Å². The third kappa shape index (κ3) is 4.39. The van der Waals surface area contributed by atoms with Gasteiger partial charge in [0.1, 0.15) is 0 Å². The van der Waals surface area contributed by atoms with Crippen LogP contribution in [0.25, 0.3) is 78.0 Å². The predicted molar refractivity (Wildman–Crippen MR) is 194 cm³/mol. The van der Waals surface area contributed by atoms with Crippen molar-refractivity contribution in [1.82, 2.24) is 15.0 Å². The summed E-state index contributed by atoms with van der Waals surface area (Å²) in [5, 5.41) is 4.75. The van der Waals surface area contributed by atoms with E-state index in [1.54, 1.807) is 0 Å². The van der Waals surface area contributed by atoms with E-state index in [0.29, 0.717) is 17.5 Å². The van der Waals surface area contributed by atoms with Gasteiger partial charge in [-0.15, -0.1) is 0 Å². The average Bonchev–Trinajstić information content (AvgIpc) is 3.37. The lowest BCUT2D eigenvalue weighted by molar-refractivity contribution is 0.661. The zero-order valence-electron chi connectivity index (χ0n) is 26.3. The molecule has 3 heteroatoms. The Bertz CT molecular complexity index is 2490. The lowest BCUT2D eigenvalue weighted by Gasteiger charge is -2.24. The highest BCUT2D eigenvalue weighted by Crippen LogP contribution is 2.51. The fraction of sp³-hybridized carbons (Fsp3) is 0.0682. The average molecular weight is 602 g/mol. The first-order valence-electron chi connectivity index (χ1n) is 16.1. The molecule has 0 N–H and O–H groups in total. The fourth-order valence-corrected chi connectivity index (χ4v) is 7.47. The fourth-order valence-electron chi connectivity index (χ4n) is 7.47. The van der Waals surface area contributed by atoms with Crippen molar-refractivity contribution in [2.75, 3.05) is 0 Å². The maximum absolute atomic E-state index is 5.28. The Hall–Kier alpha value is -5.93. The summed E-state index contributed by atoms with van der Waals surface area (Å²) >= 11 is 0. The first-order chi connectivity index (χ1) is 23.1. The van der Waals surface area contributed by atoms with Crippen molar-refractivity contribution in [3.63, 3.8) is 0 Å². The molecule has 0 saturated heterocycles. The molecule has 7 aromatic carbocycles. The van der Waals surface area contributed by atoms with Gasteiger partial charge in [0.05, 0.1) is 0 Å². The maximum atomic E-state index is 5.28. The monoisotopic (exact) mass is 601 g/mol. The van der Waals surface area contributed by atoms with Gasteiger partial charge < -0.3 is 0 Å². The van der Waals surface area contributed by atoms with Crippen LogP contribution in [0.3, 0.4) is 0 Å². The maximum Gasteiger partial charge on any atom is 0.164 e. The highest BCUT2D eigenvalue weighted by atomic mass is 15.0. The van der Waals surface area contributed by atoms with Crippen molar-refractivity contribution >= 4 is 21.5 Å². The molecule has 0 unspecified atom stereocenters. The van der Waals surface area contributed by atoms with Crippen LogP contribution in [-0.2, 0) is 5.41 Å². The quantitative estimate of drug-likeness (QED) is 0.201. The second-order valence-electron chi connectivity index (χ2n) is 12.8. The van der Waals surface area contributed by atoms with Crippen LogP contribution in [-0.4, -0.2) is 15.0 Å². The van der Waals surface area contributed by atoms with Gasteiger partial charge in [-0.25, -0.2) is 15.0 Å². The molecule has 1 aromatic heterocycles. The van der Waals surface area contributed by atoms with Crippen LogP contribution in [0.4, 0.5) is 0 Å². The molecule has 1 aliphatic rings. The Morgan fingerprint density at radius 3 is 1.81 bits per heavy atom. The number of benzene rings is 7. The summed E-state index contributed by atoms with van der Waals surface area (Å²) < 4.78 is 0. The zero-order chi connectivity index (χ0) is 31.5. The summed E-state index contributed by atoms with van der Waals surface area (Å²) in [5.74, 6) is 2.02. The summed E-state index contributed by atoms with van der Waals surface area (Å²) in [7, 11) is 0. The number of hydrogen-bond donors (Lipinski definition) is 0. The van der Waals surface area contributed by atoms with E-state index in [4.69, 9.17) is 15.0 Å². The van der Waals surface area contributed by atoms with Gasteiger partial charge in [0.15, 0.2) is 17.5 Å². The van der Waals surface area contributed by atoms with E-state index >= 15 is 0 Å². The molecule has 0 atom stereocenters. The number of aromatic nitrogens is 3. The molecule has 47 heavy (non-hydrogen) atoms. The number of rotatable bonds is 4. The van der Waals surface area contributed by atoms with Crippen molar-refractivity contribution < 1.29 is 0 Å². The van der Waals surface area contributed by atoms with E-state index < -0.39 is 0 Å². The van der Waals surface area contributed by atoms with Gasteiger partial charge >= 0.3 is 0 Å². The Kier molecular flexibility index (Phi) is 6.16. The smallest absolute Gasteiger partial charge is 0.164 e. The Morgan fingerprint density at radius 1 is 0.383 bits per heavy atom. The van der Waals surface area contributed by atoms with Gasteiger partial charge in [0.2, 0.25) is 0 Å². The highest BCUT2D eigenvalue weighted by Gasteiger charge is 2.38. The second kappa shape index (κ2) is 10.6. The molecular formula is C44H31N3. The lowest BCUT2D eigenvalue weighted by Crippen LogP contribution is -2.17. The summed E-state index contributed by atoms with van der Waals surface area (Å²) in [6.07, 6.45) is 0. The molecule has 0 radical (unpaired) electrons. The molecule has 9 rings (SSSR count). The zero-order valence-corrected chi connectivity index (χ0v) is 26.3. The molecule has 0 aliphatic heterocycles. The predicted octanol–water partition coefficient (Wildman–Crippen LogP) is 11.2. The normalized spacial score (nSPS) is 13.1. The summed E-state index contributed by atoms with van der Waals surface area (Å²) in [5.41, 5.74) is 10.3. The van der Waals surface area contributed by atoms with Gasteiger partial charge in [-0.2, -0.15) is 0 Å². The highest BCUT2D eigenvalue weighted by molar-refractivity contribution is 6.05. The molecule has 0 spiro atoms. The second-order valence-corrected chi connectivity index (χ2v) is 12.8. The minimum atomic E-state index is -0.198. The minimum absolute atomic E-state index is 0.198. The van der Waals surface area contributed by atoms with E-state index in [0.717, 1.165) is 22.1 Å². The molecule has 0 amide bonds. The molecule has 3 nitrogen and oxygen atoms in total. The van der Waals surface area contributed by atoms with Crippen LogP contribution >= 0.6 is 0 Å². The van der Waals surface area contributed by atoms with Gasteiger partial charge in [0.25, 0.3) is 0 Å². The molecule has 1 heterocycles. The van der Waals surface area contributed by atoms with Gasteiger partial charge in [-0.1, -0.05) is 153 Å². The topological polar surface area (TPSA) is 38.7 Å². The van der Waals surface area contributed by atoms with E-state index in [9.17, 15) is 0 Å². The lowest BCUT2D eigenvalue weighted by atomic mass is 9.80. The van der Waals surface area contributed by atoms with Gasteiger partial charge in [-0.3, -0.25) is 0 Å². The SMILES string of the molecule is CC1(C)c2ccccc2-c2cccc(-c3nc(-c4ccccc4)nc(-c4ccc(-c5ccc6ccccc6c5)c5ccccc45)n3)c21. The van der Waals surface area contributed by atoms with Crippen molar-refractivity contribution in [2.24, 2.45) is 0 Å². The third-order valence-electron chi connectivity index (χ3n) is 9.71. The third-order valence-corrected chi connectivity index (χ3v) is 9.71. The molecule has 8 aromatic rings. The van der Waals surface area contributed by atoms with Crippen molar-refractivity contribution in [3.8, 4) is 56.4 Å². The van der Waals surface area contributed by atoms with Crippen LogP contribution < -0.4 is 0 Å². The summed E-state index contributed by atoms with van der Waals surface area (Å²) in [4.78, 5) is 15.6. The van der Waals surface area contributed by atoms with Crippen molar-refractivity contribution in [3.05, 3.63) is 163 Å². The Morgan fingerprint density at radius 2 is 0.979 bits per heavy atom. The number of nitrogens with zero attached hydrogens (tertiary/aromatic N) is 3. The standard InChI is InChI=1S/C44H31N3/c1-44(2)39-22-11-10-19-35(39)36-20-12-21-38(40(36)44)43-46-41(29-14-4-3-5-15-29)45-42(47-43)37-26-25-32(33-17-8-9-18-34(33)37)31-24-23-28-13-6-7-16-30(28)27-31/h3-27H,1-2H3. The molecule has 0 fully saturated rings. The molecule has 0 bridgehead atoms. The summed E-state index contributed by atoms with van der Waals surface area (Å²) in [6.45, 7) is 4.61. The van der Waals surface area contributed by atoms with Crippen molar-refractivity contribution in [1.29, 1.82) is 0 Å². The van der Waals surface area contributed by atoms with E-state index in [-0.39, 0.29) is 5.41 Å². The van der Waals surface area contributed by atoms with Gasteiger partial charge in [-0.05, 0) is 67.1 Å². The van der Waals surface area contributed by atoms with E-state index in [1.165, 1.54) is 49.5 Å². The Labute approximate surface area is 274 Å². The van der Waals surface area contributed by atoms with Crippen molar-refractivity contribution in [2.45, 2.75) is 19.3 Å². The molecular weight excluding hydrogens is 571 g/mol. The Balaban J connectivity index is 1.27.